The second-order valence-corrected chi connectivity index (χ2v) is 11.3. The van der Waals surface area contributed by atoms with E-state index >= 15 is 0 Å². The first-order valence-corrected chi connectivity index (χ1v) is 13.0. The predicted molar refractivity (Wildman–Crippen MR) is 130 cm³/mol. The Morgan fingerprint density at radius 2 is 1.66 bits per heavy atom. The normalized spacial score (nSPS) is 17.3. The van der Waals surface area contributed by atoms with E-state index in [9.17, 15) is 13.2 Å². The molecule has 0 saturated carbocycles. The summed E-state index contributed by atoms with van der Waals surface area (Å²) in [6.07, 6.45) is 0.414. The van der Waals surface area contributed by atoms with Crippen molar-refractivity contribution in [2.75, 3.05) is 11.5 Å². The van der Waals surface area contributed by atoms with E-state index in [1.807, 2.05) is 30.3 Å². The highest BCUT2D eigenvalue weighted by atomic mass is 35.5. The van der Waals surface area contributed by atoms with E-state index in [0.717, 1.165) is 16.7 Å². The van der Waals surface area contributed by atoms with E-state index in [1.165, 1.54) is 0 Å². The fourth-order valence-electron chi connectivity index (χ4n) is 3.89. The lowest BCUT2D eigenvalue weighted by Crippen LogP contribution is -2.40. The molecule has 3 aromatic rings. The molecular weight excluding hydrogens is 489 g/mol. The summed E-state index contributed by atoms with van der Waals surface area (Å²) < 4.78 is 24.2. The van der Waals surface area contributed by atoms with Gasteiger partial charge in [-0.25, -0.2) is 8.42 Å². The average molecular weight is 509 g/mol. The number of benzene rings is 3. The Balaban J connectivity index is 1.62. The van der Waals surface area contributed by atoms with E-state index in [1.54, 1.807) is 41.3 Å². The molecule has 8 heteroatoms. The quantitative estimate of drug-likeness (QED) is 0.416. The zero-order chi connectivity index (χ0) is 22.9. The number of amides is 1. The largest absolute Gasteiger partial charge is 0.330 e. The number of carbonyl (C=O) groups is 1. The van der Waals surface area contributed by atoms with E-state index < -0.39 is 15.9 Å². The number of rotatable bonds is 5. The minimum Gasteiger partial charge on any atom is -0.330 e. The second kappa shape index (κ2) is 9.44. The number of sulfone groups is 1. The number of hydrogen-bond donors (Lipinski definition) is 0. The maximum atomic E-state index is 13.3. The average Bonchev–Trinajstić information content (AvgIpc) is 3.12. The molecule has 0 N–H and O–H groups in total. The van der Waals surface area contributed by atoms with Gasteiger partial charge in [-0.3, -0.25) is 4.79 Å². The number of nitrogens with zero attached hydrogens (tertiary/aromatic N) is 1. The lowest BCUT2D eigenvalue weighted by molar-refractivity contribution is 0.0681. The molecule has 0 aromatic heterocycles. The van der Waals surface area contributed by atoms with Crippen LogP contribution in [0.4, 0.5) is 0 Å². The Morgan fingerprint density at radius 1 is 0.938 bits per heavy atom. The Kier molecular flexibility index (Phi) is 6.82. The van der Waals surface area contributed by atoms with Crippen molar-refractivity contribution in [3.8, 4) is 11.1 Å². The lowest BCUT2D eigenvalue weighted by atomic mass is 10.0. The van der Waals surface area contributed by atoms with Gasteiger partial charge in [-0.05, 0) is 41.8 Å². The molecule has 166 valence electrons. The fraction of sp³-hybridized carbons (Fsp3) is 0.208. The highest BCUT2D eigenvalue weighted by Crippen LogP contribution is 2.31. The molecule has 1 atom stereocenters. The van der Waals surface area contributed by atoms with Crippen LogP contribution in [0, 0.1) is 0 Å². The number of carbonyl (C=O) groups excluding carboxylic acids is 1. The Morgan fingerprint density at radius 3 is 2.28 bits per heavy atom. The Hall–Kier alpha value is -2.05. The van der Waals surface area contributed by atoms with Crippen LogP contribution < -0.4 is 0 Å². The molecule has 3 aromatic carbocycles. The summed E-state index contributed by atoms with van der Waals surface area (Å²) >= 11 is 18.6. The van der Waals surface area contributed by atoms with Crippen molar-refractivity contribution >= 4 is 50.5 Å². The Bertz CT molecular complexity index is 1260. The van der Waals surface area contributed by atoms with Crippen LogP contribution in [-0.2, 0) is 16.4 Å². The molecule has 4 nitrogen and oxygen atoms in total. The fourth-order valence-corrected chi connectivity index (χ4v) is 6.35. The summed E-state index contributed by atoms with van der Waals surface area (Å²) in [6.45, 7) is 0.277. The molecule has 0 spiro atoms. The molecule has 1 unspecified atom stereocenters. The van der Waals surface area contributed by atoms with Gasteiger partial charge >= 0.3 is 0 Å². The third-order valence-electron chi connectivity index (χ3n) is 5.56. The first kappa shape index (κ1) is 23.1. The van der Waals surface area contributed by atoms with Gasteiger partial charge in [0.25, 0.3) is 5.91 Å². The summed E-state index contributed by atoms with van der Waals surface area (Å²) in [5.41, 5.74) is 3.02. The summed E-state index contributed by atoms with van der Waals surface area (Å²) in [7, 11) is -3.16. The number of hydrogen-bond acceptors (Lipinski definition) is 3. The molecule has 1 fully saturated rings. The van der Waals surface area contributed by atoms with Gasteiger partial charge in [0.15, 0.2) is 9.84 Å². The van der Waals surface area contributed by atoms with Crippen molar-refractivity contribution in [2.24, 2.45) is 0 Å². The molecule has 0 radical (unpaired) electrons. The van der Waals surface area contributed by atoms with Gasteiger partial charge in [0.1, 0.15) is 0 Å². The van der Waals surface area contributed by atoms with E-state index in [-0.39, 0.29) is 24.0 Å². The van der Waals surface area contributed by atoms with E-state index in [2.05, 4.69) is 0 Å². The first-order chi connectivity index (χ1) is 15.2. The lowest BCUT2D eigenvalue weighted by Gasteiger charge is -2.29. The molecular formula is C24H20Cl3NO3S. The molecule has 1 amide bonds. The van der Waals surface area contributed by atoms with Crippen LogP contribution in [0.3, 0.4) is 0 Å². The highest BCUT2D eigenvalue weighted by molar-refractivity contribution is 7.91. The molecule has 1 saturated heterocycles. The minimum absolute atomic E-state index is 0.0400. The predicted octanol–water partition coefficient (Wildman–Crippen LogP) is 6.14. The molecule has 1 aliphatic heterocycles. The van der Waals surface area contributed by atoms with Gasteiger partial charge in [-0.2, -0.15) is 0 Å². The zero-order valence-corrected chi connectivity index (χ0v) is 20.1. The summed E-state index contributed by atoms with van der Waals surface area (Å²) in [5, 5.41) is 1.46. The van der Waals surface area contributed by atoms with Crippen molar-refractivity contribution in [2.45, 2.75) is 19.0 Å². The van der Waals surface area contributed by atoms with Gasteiger partial charge in [-0.1, -0.05) is 77.3 Å². The maximum absolute atomic E-state index is 13.3. The SMILES string of the molecule is O=C(c1ccccc1Cl)N(Cc1ccc(-c2ccc(Cl)cc2Cl)cc1)C1CCS(=O)(=O)C1. The monoisotopic (exact) mass is 507 g/mol. The van der Waals surface area contributed by atoms with Crippen LogP contribution in [-0.4, -0.2) is 36.8 Å². The molecule has 1 aliphatic rings. The van der Waals surface area contributed by atoms with Crippen LogP contribution in [0.1, 0.15) is 22.3 Å². The van der Waals surface area contributed by atoms with Crippen LogP contribution in [0.15, 0.2) is 66.7 Å². The molecule has 0 aliphatic carbocycles. The molecule has 4 rings (SSSR count). The van der Waals surface area contributed by atoms with Crippen molar-refractivity contribution in [1.82, 2.24) is 4.90 Å². The van der Waals surface area contributed by atoms with Gasteiger partial charge in [0, 0.05) is 28.2 Å². The number of halogens is 3. The minimum atomic E-state index is -3.16. The summed E-state index contributed by atoms with van der Waals surface area (Å²) in [4.78, 5) is 15.0. The third kappa shape index (κ3) is 5.12. The standard InChI is InChI=1S/C24H20Cl3NO3S/c25-18-9-10-20(23(27)13-18)17-7-5-16(6-8-17)14-28(19-11-12-32(30,31)15-19)24(29)21-3-1-2-4-22(21)26/h1-10,13,19H,11-12,14-15H2. The van der Waals surface area contributed by atoms with Crippen LogP contribution in [0.5, 0.6) is 0 Å². The van der Waals surface area contributed by atoms with Crippen molar-refractivity contribution in [1.29, 1.82) is 0 Å². The topological polar surface area (TPSA) is 54.5 Å². The molecule has 32 heavy (non-hydrogen) atoms. The molecule has 1 heterocycles. The smallest absolute Gasteiger partial charge is 0.255 e. The van der Waals surface area contributed by atoms with E-state index in [4.69, 9.17) is 34.8 Å². The van der Waals surface area contributed by atoms with Gasteiger partial charge in [0.05, 0.1) is 22.1 Å². The third-order valence-corrected chi connectivity index (χ3v) is 8.19. The zero-order valence-electron chi connectivity index (χ0n) is 17.0. The summed E-state index contributed by atoms with van der Waals surface area (Å²) in [6, 6.07) is 19.4. The van der Waals surface area contributed by atoms with Crippen molar-refractivity contribution < 1.29 is 13.2 Å². The highest BCUT2D eigenvalue weighted by Gasteiger charge is 2.35. The van der Waals surface area contributed by atoms with E-state index in [0.29, 0.717) is 27.1 Å². The van der Waals surface area contributed by atoms with Crippen LogP contribution in [0.2, 0.25) is 15.1 Å². The second-order valence-electron chi connectivity index (χ2n) is 7.79. The Labute approximate surface area is 202 Å². The van der Waals surface area contributed by atoms with Crippen molar-refractivity contribution in [3.05, 3.63) is 92.9 Å². The van der Waals surface area contributed by atoms with Crippen LogP contribution >= 0.6 is 34.8 Å². The van der Waals surface area contributed by atoms with Gasteiger partial charge in [0.2, 0.25) is 0 Å². The van der Waals surface area contributed by atoms with Crippen LogP contribution in [0.25, 0.3) is 11.1 Å². The first-order valence-electron chi connectivity index (χ1n) is 10.0. The summed E-state index contributed by atoms with van der Waals surface area (Å²) in [5.74, 6) is -0.234. The van der Waals surface area contributed by atoms with Gasteiger partial charge < -0.3 is 4.90 Å². The van der Waals surface area contributed by atoms with Gasteiger partial charge in [-0.15, -0.1) is 0 Å². The maximum Gasteiger partial charge on any atom is 0.255 e. The van der Waals surface area contributed by atoms with Crippen molar-refractivity contribution in [3.63, 3.8) is 0 Å². The molecule has 0 bridgehead atoms.